The number of amides is 1. The van der Waals surface area contributed by atoms with Crippen molar-refractivity contribution in [1.29, 1.82) is 0 Å². The Morgan fingerprint density at radius 2 is 1.70 bits per heavy atom. The predicted molar refractivity (Wildman–Crippen MR) is 118 cm³/mol. The second-order valence-electron chi connectivity index (χ2n) is 7.52. The van der Waals surface area contributed by atoms with Crippen molar-refractivity contribution in [3.05, 3.63) is 66.4 Å². The van der Waals surface area contributed by atoms with Crippen LogP contribution >= 0.6 is 0 Å². The Hall–Kier alpha value is -3.41. The number of ether oxygens (including phenoxy) is 1. The molecule has 1 aromatic heterocycles. The molecule has 0 spiro atoms. The van der Waals surface area contributed by atoms with Gasteiger partial charge in [-0.05, 0) is 62.6 Å². The summed E-state index contributed by atoms with van der Waals surface area (Å²) in [4.78, 5) is 31.5. The number of rotatable bonds is 5. The molecule has 3 aromatic rings. The Morgan fingerprint density at radius 3 is 2.47 bits per heavy atom. The third-order valence-electron chi connectivity index (χ3n) is 5.32. The van der Waals surface area contributed by atoms with Crippen LogP contribution in [-0.2, 0) is 9.53 Å². The number of fused-ring (bicyclic) bond motifs is 1. The summed E-state index contributed by atoms with van der Waals surface area (Å²) in [5, 5.41) is 3.74. The number of nitrogens with zero attached hydrogens (tertiary/aromatic N) is 2. The lowest BCUT2D eigenvalue weighted by atomic mass is 10.1. The summed E-state index contributed by atoms with van der Waals surface area (Å²) in [6, 6.07) is 18.7. The summed E-state index contributed by atoms with van der Waals surface area (Å²) in [6.07, 6.45) is 2.78. The number of para-hydroxylation sites is 1. The van der Waals surface area contributed by atoms with E-state index in [0.717, 1.165) is 24.2 Å². The minimum atomic E-state index is -0.937. The van der Waals surface area contributed by atoms with Gasteiger partial charge in [-0.3, -0.25) is 4.79 Å². The maximum Gasteiger partial charge on any atom is 0.357 e. The highest BCUT2D eigenvalue weighted by Crippen LogP contribution is 2.22. The molecular formula is C24H25N3O3. The molecule has 1 atom stereocenters. The summed E-state index contributed by atoms with van der Waals surface area (Å²) < 4.78 is 5.32. The van der Waals surface area contributed by atoms with Crippen LogP contribution in [0.3, 0.4) is 0 Å². The smallest absolute Gasteiger partial charge is 0.357 e. The van der Waals surface area contributed by atoms with E-state index < -0.39 is 12.1 Å². The van der Waals surface area contributed by atoms with Crippen LogP contribution in [-0.4, -0.2) is 36.1 Å². The molecule has 0 bridgehead atoms. The zero-order valence-corrected chi connectivity index (χ0v) is 17.0. The zero-order valence-electron chi connectivity index (χ0n) is 17.0. The quantitative estimate of drug-likeness (QED) is 0.639. The number of anilines is 2. The molecule has 2 aromatic carbocycles. The van der Waals surface area contributed by atoms with Gasteiger partial charge >= 0.3 is 5.97 Å². The number of nitrogens with one attached hydrogen (secondary N) is 1. The van der Waals surface area contributed by atoms with E-state index >= 15 is 0 Å². The van der Waals surface area contributed by atoms with E-state index in [9.17, 15) is 9.59 Å². The summed E-state index contributed by atoms with van der Waals surface area (Å²) in [5.41, 5.74) is 2.72. The lowest BCUT2D eigenvalue weighted by Crippen LogP contribution is -2.30. The molecule has 2 heterocycles. The molecule has 0 aliphatic carbocycles. The first-order chi connectivity index (χ1) is 14.6. The fourth-order valence-electron chi connectivity index (χ4n) is 3.61. The normalized spacial score (nSPS) is 14.9. The number of benzene rings is 2. The Morgan fingerprint density at radius 1 is 0.967 bits per heavy atom. The monoisotopic (exact) mass is 403 g/mol. The molecule has 0 unspecified atom stereocenters. The predicted octanol–water partition coefficient (Wildman–Crippen LogP) is 4.41. The molecule has 6 nitrogen and oxygen atoms in total. The highest BCUT2D eigenvalue weighted by molar-refractivity contribution is 5.97. The Bertz CT molecular complexity index is 1040. The number of aromatic nitrogens is 1. The fraction of sp³-hybridized carbons (Fsp3) is 0.292. The summed E-state index contributed by atoms with van der Waals surface area (Å²) in [7, 11) is 0. The van der Waals surface area contributed by atoms with Crippen LogP contribution in [0.25, 0.3) is 10.9 Å². The first-order valence-electron chi connectivity index (χ1n) is 10.3. The molecule has 1 aliphatic rings. The van der Waals surface area contributed by atoms with Gasteiger partial charge in [0.2, 0.25) is 0 Å². The third-order valence-corrected chi connectivity index (χ3v) is 5.32. The van der Waals surface area contributed by atoms with E-state index in [0.29, 0.717) is 11.2 Å². The number of piperidine rings is 1. The molecule has 6 heteroatoms. The van der Waals surface area contributed by atoms with E-state index in [2.05, 4.69) is 15.2 Å². The second kappa shape index (κ2) is 8.95. The summed E-state index contributed by atoms with van der Waals surface area (Å²) >= 11 is 0. The third kappa shape index (κ3) is 4.59. The second-order valence-corrected chi connectivity index (χ2v) is 7.52. The van der Waals surface area contributed by atoms with Crippen LogP contribution in [0, 0.1) is 0 Å². The number of carbonyl (C=O) groups is 2. The van der Waals surface area contributed by atoms with Gasteiger partial charge in [-0.15, -0.1) is 0 Å². The van der Waals surface area contributed by atoms with Gasteiger partial charge < -0.3 is 15.0 Å². The average Bonchev–Trinajstić information content (AvgIpc) is 2.79. The van der Waals surface area contributed by atoms with Crippen molar-refractivity contribution in [3.63, 3.8) is 0 Å². The Balaban J connectivity index is 1.35. The van der Waals surface area contributed by atoms with Gasteiger partial charge in [0.1, 0.15) is 5.69 Å². The number of hydrogen-bond donors (Lipinski definition) is 1. The lowest BCUT2D eigenvalue weighted by molar-refractivity contribution is -0.123. The molecule has 154 valence electrons. The minimum Gasteiger partial charge on any atom is -0.448 e. The van der Waals surface area contributed by atoms with Crippen molar-refractivity contribution in [3.8, 4) is 0 Å². The highest BCUT2D eigenvalue weighted by atomic mass is 16.5. The van der Waals surface area contributed by atoms with Gasteiger partial charge in [-0.2, -0.15) is 0 Å². The van der Waals surface area contributed by atoms with E-state index in [1.807, 2.05) is 54.6 Å². The molecular weight excluding hydrogens is 378 g/mol. The largest absolute Gasteiger partial charge is 0.448 e. The summed E-state index contributed by atoms with van der Waals surface area (Å²) in [5.74, 6) is -1.00. The van der Waals surface area contributed by atoms with Crippen LogP contribution in [0.15, 0.2) is 60.7 Å². The lowest BCUT2D eigenvalue weighted by Gasteiger charge is -2.28. The average molecular weight is 403 g/mol. The van der Waals surface area contributed by atoms with E-state index in [-0.39, 0.29) is 11.6 Å². The first-order valence-corrected chi connectivity index (χ1v) is 10.3. The maximum absolute atomic E-state index is 12.5. The standard InChI is InChI=1S/C24H25N3O3/c1-17(30-24(29)22-14-9-18-7-3-4-8-21(18)26-22)23(28)25-19-10-12-20(13-11-19)27-15-5-2-6-16-27/h3-4,7-14,17H,2,5-6,15-16H2,1H3,(H,25,28)/t17-/m1/s1. The molecule has 1 N–H and O–H groups in total. The van der Waals surface area contributed by atoms with E-state index in [1.54, 1.807) is 13.0 Å². The van der Waals surface area contributed by atoms with Crippen LogP contribution < -0.4 is 10.2 Å². The van der Waals surface area contributed by atoms with Gasteiger partial charge in [0.25, 0.3) is 5.91 Å². The molecule has 0 radical (unpaired) electrons. The van der Waals surface area contributed by atoms with Gasteiger partial charge in [0, 0.05) is 29.9 Å². The van der Waals surface area contributed by atoms with Gasteiger partial charge in [-0.25, -0.2) is 9.78 Å². The minimum absolute atomic E-state index is 0.180. The fourth-order valence-corrected chi connectivity index (χ4v) is 3.61. The number of pyridine rings is 1. The zero-order chi connectivity index (χ0) is 20.9. The molecule has 1 aliphatic heterocycles. The topological polar surface area (TPSA) is 71.5 Å². The van der Waals surface area contributed by atoms with Gasteiger partial charge in [0.15, 0.2) is 6.10 Å². The van der Waals surface area contributed by atoms with Gasteiger partial charge in [-0.1, -0.05) is 24.3 Å². The van der Waals surface area contributed by atoms with Crippen LogP contribution in [0.1, 0.15) is 36.7 Å². The number of esters is 1. The van der Waals surface area contributed by atoms with Crippen LogP contribution in [0.2, 0.25) is 0 Å². The Labute approximate surface area is 175 Å². The molecule has 1 saturated heterocycles. The molecule has 30 heavy (non-hydrogen) atoms. The van der Waals surface area contributed by atoms with Crippen LogP contribution in [0.4, 0.5) is 11.4 Å². The van der Waals surface area contributed by atoms with Gasteiger partial charge in [0.05, 0.1) is 5.52 Å². The number of carbonyl (C=O) groups excluding carboxylic acids is 2. The van der Waals surface area contributed by atoms with Crippen molar-refractivity contribution < 1.29 is 14.3 Å². The van der Waals surface area contributed by atoms with Crippen LogP contribution in [0.5, 0.6) is 0 Å². The Kier molecular flexibility index (Phi) is 5.93. The molecule has 0 saturated carbocycles. The van der Waals surface area contributed by atoms with Crippen molar-refractivity contribution in [1.82, 2.24) is 4.98 Å². The molecule has 4 rings (SSSR count). The SMILES string of the molecule is C[C@@H](OC(=O)c1ccc2ccccc2n1)C(=O)Nc1ccc(N2CCCCC2)cc1. The first kappa shape index (κ1) is 19.9. The summed E-state index contributed by atoms with van der Waals surface area (Å²) in [6.45, 7) is 3.69. The van der Waals surface area contributed by atoms with Crippen molar-refractivity contribution in [2.24, 2.45) is 0 Å². The maximum atomic E-state index is 12.5. The van der Waals surface area contributed by atoms with Crippen molar-refractivity contribution >= 4 is 34.2 Å². The van der Waals surface area contributed by atoms with E-state index in [1.165, 1.54) is 19.3 Å². The van der Waals surface area contributed by atoms with Crippen molar-refractivity contribution in [2.75, 3.05) is 23.3 Å². The van der Waals surface area contributed by atoms with E-state index in [4.69, 9.17) is 4.74 Å². The highest BCUT2D eigenvalue weighted by Gasteiger charge is 2.20. The molecule has 1 fully saturated rings. The van der Waals surface area contributed by atoms with Crippen molar-refractivity contribution in [2.45, 2.75) is 32.3 Å². The number of hydrogen-bond acceptors (Lipinski definition) is 5. The molecule has 1 amide bonds.